The molecule has 0 aliphatic rings. The molecule has 0 aliphatic carbocycles. The number of anilines is 2. The second kappa shape index (κ2) is 11.9. The van der Waals surface area contributed by atoms with E-state index in [1.807, 2.05) is 84.9 Å². The van der Waals surface area contributed by atoms with E-state index < -0.39 is 5.25 Å². The lowest BCUT2D eigenvalue weighted by Crippen LogP contribution is -2.19. The fourth-order valence-electron chi connectivity index (χ4n) is 3.50. The van der Waals surface area contributed by atoms with E-state index in [1.54, 1.807) is 18.2 Å². The van der Waals surface area contributed by atoms with Crippen molar-refractivity contribution in [2.75, 3.05) is 10.6 Å². The molecule has 2 N–H and O–H groups in total. The summed E-state index contributed by atoms with van der Waals surface area (Å²) in [4.78, 5) is 26.7. The summed E-state index contributed by atoms with van der Waals surface area (Å²) in [5, 5.41) is 6.20. The largest absolute Gasteiger partial charge is 0.326 e. The minimum absolute atomic E-state index is 0.103. The average Bonchev–Trinajstić information content (AvgIpc) is 2.83. The number of amides is 2. The van der Waals surface area contributed by atoms with Crippen LogP contribution in [0.25, 0.3) is 0 Å². The van der Waals surface area contributed by atoms with Crippen LogP contribution in [0.2, 0.25) is 10.0 Å². The first-order valence-corrected chi connectivity index (χ1v) is 12.5. The number of rotatable bonds is 8. The van der Waals surface area contributed by atoms with Crippen LogP contribution >= 0.6 is 35.0 Å². The number of hydrogen-bond acceptors (Lipinski definition) is 3. The van der Waals surface area contributed by atoms with Gasteiger partial charge in [-0.1, -0.05) is 89.9 Å². The van der Waals surface area contributed by atoms with Gasteiger partial charge in [0.15, 0.2) is 0 Å². The lowest BCUT2D eigenvalue weighted by molar-refractivity contribution is -0.116. The van der Waals surface area contributed by atoms with E-state index in [2.05, 4.69) is 10.6 Å². The maximum atomic E-state index is 13.3. The predicted molar refractivity (Wildman–Crippen MR) is 145 cm³/mol. The molecule has 0 aliphatic heterocycles. The monoisotopic (exact) mass is 520 g/mol. The highest BCUT2D eigenvalue weighted by Crippen LogP contribution is 2.37. The molecule has 4 aromatic rings. The van der Waals surface area contributed by atoms with E-state index in [0.29, 0.717) is 21.4 Å². The van der Waals surface area contributed by atoms with Crippen LogP contribution in [0.15, 0.2) is 108 Å². The van der Waals surface area contributed by atoms with Crippen LogP contribution in [0.4, 0.5) is 11.4 Å². The zero-order chi connectivity index (χ0) is 24.6. The molecule has 35 heavy (non-hydrogen) atoms. The summed E-state index contributed by atoms with van der Waals surface area (Å²) in [5.41, 5.74) is 2.99. The highest BCUT2D eigenvalue weighted by Gasteiger charge is 2.23. The van der Waals surface area contributed by atoms with Gasteiger partial charge in [0, 0.05) is 26.3 Å². The Labute approximate surface area is 218 Å². The number of carbonyl (C=O) groups excluding carboxylic acids is 2. The Morgan fingerprint density at radius 3 is 2.06 bits per heavy atom. The van der Waals surface area contributed by atoms with Crippen molar-refractivity contribution in [3.05, 3.63) is 124 Å². The van der Waals surface area contributed by atoms with E-state index in [1.165, 1.54) is 11.8 Å². The van der Waals surface area contributed by atoms with Crippen molar-refractivity contribution in [2.24, 2.45) is 0 Å². The molecule has 0 spiro atoms. The third-order valence-electron chi connectivity index (χ3n) is 5.05. The van der Waals surface area contributed by atoms with E-state index in [9.17, 15) is 9.59 Å². The van der Waals surface area contributed by atoms with Crippen molar-refractivity contribution in [3.8, 4) is 0 Å². The summed E-state index contributed by atoms with van der Waals surface area (Å²) in [5.74, 6) is -0.313. The van der Waals surface area contributed by atoms with Gasteiger partial charge >= 0.3 is 0 Å². The molecule has 0 bridgehead atoms. The minimum Gasteiger partial charge on any atom is -0.326 e. The zero-order valence-corrected chi connectivity index (χ0v) is 20.9. The second-order valence-corrected chi connectivity index (χ2v) is 9.85. The molecule has 4 aromatic carbocycles. The lowest BCUT2D eigenvalue weighted by Gasteiger charge is -2.18. The quantitative estimate of drug-likeness (QED) is 0.234. The molecular weight excluding hydrogens is 499 g/mol. The molecule has 0 heterocycles. The number of carbonyl (C=O) groups is 2. The van der Waals surface area contributed by atoms with Crippen molar-refractivity contribution >= 4 is 58.2 Å². The summed E-state index contributed by atoms with van der Waals surface area (Å²) >= 11 is 13.6. The second-order valence-electron chi connectivity index (χ2n) is 7.79. The predicted octanol–water partition coefficient (Wildman–Crippen LogP) is 7.65. The normalized spacial score (nSPS) is 11.5. The van der Waals surface area contributed by atoms with Gasteiger partial charge in [0.05, 0.1) is 6.42 Å². The van der Waals surface area contributed by atoms with Gasteiger partial charge in [-0.15, -0.1) is 11.8 Å². The van der Waals surface area contributed by atoms with E-state index in [-0.39, 0.29) is 18.2 Å². The maximum Gasteiger partial charge on any atom is 0.242 e. The summed E-state index contributed by atoms with van der Waals surface area (Å²) in [6, 6.07) is 31.5. The van der Waals surface area contributed by atoms with Crippen LogP contribution in [0.1, 0.15) is 16.4 Å². The Balaban J connectivity index is 1.51. The Morgan fingerprint density at radius 2 is 1.37 bits per heavy atom. The summed E-state index contributed by atoms with van der Waals surface area (Å²) < 4.78 is 0. The molecule has 0 saturated carbocycles. The van der Waals surface area contributed by atoms with E-state index >= 15 is 0 Å². The van der Waals surface area contributed by atoms with Crippen molar-refractivity contribution in [3.63, 3.8) is 0 Å². The summed E-state index contributed by atoms with van der Waals surface area (Å²) in [6.07, 6.45) is 0.287. The van der Waals surface area contributed by atoms with E-state index in [4.69, 9.17) is 23.2 Å². The maximum absolute atomic E-state index is 13.3. The topological polar surface area (TPSA) is 58.2 Å². The van der Waals surface area contributed by atoms with Crippen LogP contribution < -0.4 is 10.6 Å². The number of thioether (sulfide) groups is 1. The van der Waals surface area contributed by atoms with Crippen molar-refractivity contribution in [1.29, 1.82) is 0 Å². The first-order valence-electron chi connectivity index (χ1n) is 10.9. The molecule has 4 rings (SSSR count). The fourth-order valence-corrected chi connectivity index (χ4v) is 5.11. The molecule has 1 atom stereocenters. The lowest BCUT2D eigenvalue weighted by atomic mass is 10.1. The van der Waals surface area contributed by atoms with Crippen LogP contribution in [0.5, 0.6) is 0 Å². The molecule has 2 amide bonds. The van der Waals surface area contributed by atoms with Gasteiger partial charge in [0.1, 0.15) is 5.25 Å². The molecule has 0 saturated heterocycles. The molecule has 7 heteroatoms. The Morgan fingerprint density at radius 1 is 0.714 bits per heavy atom. The highest BCUT2D eigenvalue weighted by atomic mass is 35.5. The first-order chi connectivity index (χ1) is 17.0. The molecule has 0 aromatic heterocycles. The van der Waals surface area contributed by atoms with Crippen molar-refractivity contribution in [1.82, 2.24) is 0 Å². The Bertz CT molecular complexity index is 1300. The van der Waals surface area contributed by atoms with Gasteiger partial charge in [-0.3, -0.25) is 9.59 Å². The van der Waals surface area contributed by atoms with Crippen LogP contribution in [-0.2, 0) is 16.0 Å². The molecule has 176 valence electrons. The zero-order valence-electron chi connectivity index (χ0n) is 18.6. The van der Waals surface area contributed by atoms with Crippen LogP contribution in [-0.4, -0.2) is 11.8 Å². The fraction of sp³-hybridized carbons (Fsp3) is 0.0714. The summed E-state index contributed by atoms with van der Waals surface area (Å²) in [7, 11) is 0. The molecule has 0 fully saturated rings. The number of benzene rings is 4. The number of nitrogens with one attached hydrogen (secondary N) is 2. The van der Waals surface area contributed by atoms with E-state index in [0.717, 1.165) is 16.0 Å². The molecule has 0 radical (unpaired) electrons. The highest BCUT2D eigenvalue weighted by molar-refractivity contribution is 8.00. The number of hydrogen-bond donors (Lipinski definition) is 2. The van der Waals surface area contributed by atoms with Gasteiger partial charge in [0.25, 0.3) is 0 Å². The van der Waals surface area contributed by atoms with Crippen LogP contribution in [0.3, 0.4) is 0 Å². The molecule has 1 unspecified atom stereocenters. The Hall–Kier alpha value is -3.25. The van der Waals surface area contributed by atoms with Crippen molar-refractivity contribution < 1.29 is 9.59 Å². The molecular formula is C28H22Cl2N2O2S. The number of halogens is 2. The summed E-state index contributed by atoms with van der Waals surface area (Å²) in [6.45, 7) is 0. The van der Waals surface area contributed by atoms with Crippen molar-refractivity contribution in [2.45, 2.75) is 16.6 Å². The third-order valence-corrected chi connectivity index (χ3v) is 6.73. The van der Waals surface area contributed by atoms with Gasteiger partial charge in [-0.2, -0.15) is 0 Å². The standard InChI is InChI=1S/C28H22Cl2N2O2S/c29-21-15-22(30)17-24(16-21)32-28(34)27(20-10-5-2-6-11-20)35-25-13-7-12-23(18-25)31-26(33)14-19-8-3-1-4-9-19/h1-13,15-18,27H,14H2,(H,31,33)(H,32,34). The third kappa shape index (κ3) is 7.36. The van der Waals surface area contributed by atoms with Gasteiger partial charge in [-0.05, 0) is 47.5 Å². The molecule has 4 nitrogen and oxygen atoms in total. The smallest absolute Gasteiger partial charge is 0.242 e. The first kappa shape index (κ1) is 24.9. The van der Waals surface area contributed by atoms with Gasteiger partial charge in [-0.25, -0.2) is 0 Å². The minimum atomic E-state index is -0.538. The van der Waals surface area contributed by atoms with Gasteiger partial charge < -0.3 is 10.6 Å². The Kier molecular flexibility index (Phi) is 8.48. The van der Waals surface area contributed by atoms with Gasteiger partial charge in [0.2, 0.25) is 11.8 Å². The SMILES string of the molecule is O=C(Cc1ccccc1)Nc1cccc(SC(C(=O)Nc2cc(Cl)cc(Cl)c2)c2ccccc2)c1. The average molecular weight is 521 g/mol. The van der Waals surface area contributed by atoms with Crippen LogP contribution in [0, 0.1) is 0 Å².